The summed E-state index contributed by atoms with van der Waals surface area (Å²) in [6.07, 6.45) is 1.83. The first-order valence-corrected chi connectivity index (χ1v) is 4.26. The summed E-state index contributed by atoms with van der Waals surface area (Å²) in [6.45, 7) is 5.74. The quantitative estimate of drug-likeness (QED) is 0.610. The van der Waals surface area contributed by atoms with Gasteiger partial charge in [0.25, 0.3) is 5.91 Å². The van der Waals surface area contributed by atoms with Gasteiger partial charge in [0.2, 0.25) is 0 Å². The zero-order chi connectivity index (χ0) is 10.0. The molecule has 0 fully saturated rings. The molecule has 1 rings (SSSR count). The third kappa shape index (κ3) is 1.83. The maximum atomic E-state index is 11.3. The number of hydrogen-bond acceptors (Lipinski definition) is 2. The lowest BCUT2D eigenvalue weighted by Gasteiger charge is -2.15. The highest BCUT2D eigenvalue weighted by molar-refractivity contribution is 6.08. The topological polar surface area (TPSA) is 53.2 Å². The summed E-state index contributed by atoms with van der Waals surface area (Å²) in [7, 11) is 0. The van der Waals surface area contributed by atoms with Crippen molar-refractivity contribution in [3.8, 4) is 6.07 Å². The van der Waals surface area contributed by atoms with Crippen molar-refractivity contribution < 1.29 is 4.79 Å². The van der Waals surface area contributed by atoms with E-state index in [1.165, 1.54) is 0 Å². The van der Waals surface area contributed by atoms with E-state index in [0.29, 0.717) is 0 Å². The van der Waals surface area contributed by atoms with Crippen LogP contribution in [0.2, 0.25) is 0 Å². The minimum absolute atomic E-state index is 0.235. The minimum Gasteiger partial charge on any atom is -0.271 e. The molecular formula is C10H12N2O. The van der Waals surface area contributed by atoms with E-state index in [0.717, 1.165) is 11.3 Å². The van der Waals surface area contributed by atoms with Gasteiger partial charge in [0.15, 0.2) is 0 Å². The molecule has 1 heterocycles. The molecular weight excluding hydrogens is 164 g/mol. The molecule has 13 heavy (non-hydrogen) atoms. The number of dihydropyridines is 1. The highest BCUT2D eigenvalue weighted by Gasteiger charge is 2.24. The normalized spacial score (nSPS) is 22.4. The van der Waals surface area contributed by atoms with Crippen LogP contribution in [-0.4, -0.2) is 11.6 Å². The summed E-state index contributed by atoms with van der Waals surface area (Å²) in [5.41, 5.74) is 1.57. The maximum Gasteiger partial charge on any atom is 0.267 e. The van der Waals surface area contributed by atoms with E-state index < -0.39 is 5.92 Å². The maximum absolute atomic E-state index is 11.3. The molecule has 0 aliphatic carbocycles. The number of amides is 1. The van der Waals surface area contributed by atoms with E-state index in [9.17, 15) is 4.79 Å². The highest BCUT2D eigenvalue weighted by atomic mass is 16.1. The van der Waals surface area contributed by atoms with Crippen molar-refractivity contribution >= 4 is 11.6 Å². The number of hydrogen-bond donors (Lipinski definition) is 0. The van der Waals surface area contributed by atoms with Crippen LogP contribution in [0.3, 0.4) is 0 Å². The number of carbonyl (C=O) groups excluding carboxylic acids is 1. The zero-order valence-electron chi connectivity index (χ0n) is 8.03. The lowest BCUT2D eigenvalue weighted by atomic mass is 9.94. The Bertz CT molecular complexity index is 331. The molecule has 1 aliphatic rings. The zero-order valence-corrected chi connectivity index (χ0v) is 8.03. The molecule has 0 N–H and O–H groups in total. The molecule has 1 unspecified atom stereocenters. The van der Waals surface area contributed by atoms with Gasteiger partial charge < -0.3 is 0 Å². The van der Waals surface area contributed by atoms with Gasteiger partial charge in [0.1, 0.15) is 5.92 Å². The largest absolute Gasteiger partial charge is 0.271 e. The van der Waals surface area contributed by atoms with Gasteiger partial charge in [-0.15, -0.1) is 0 Å². The second kappa shape index (κ2) is 3.53. The van der Waals surface area contributed by atoms with Crippen molar-refractivity contribution in [2.75, 3.05) is 0 Å². The van der Waals surface area contributed by atoms with Crippen LogP contribution in [0.4, 0.5) is 0 Å². The molecule has 0 aromatic rings. The average molecular weight is 176 g/mol. The van der Waals surface area contributed by atoms with Crippen molar-refractivity contribution in [2.24, 2.45) is 16.8 Å². The van der Waals surface area contributed by atoms with Crippen molar-refractivity contribution in [3.63, 3.8) is 0 Å². The monoisotopic (exact) mass is 176 g/mol. The molecule has 1 atom stereocenters. The summed E-state index contributed by atoms with van der Waals surface area (Å²) >= 11 is 0. The van der Waals surface area contributed by atoms with Crippen molar-refractivity contribution in [2.45, 2.75) is 20.8 Å². The third-order valence-electron chi connectivity index (χ3n) is 2.04. The third-order valence-corrected chi connectivity index (χ3v) is 2.04. The molecule has 0 saturated heterocycles. The van der Waals surface area contributed by atoms with Crippen molar-refractivity contribution in [1.29, 1.82) is 5.26 Å². The van der Waals surface area contributed by atoms with Gasteiger partial charge in [0.05, 0.1) is 6.07 Å². The summed E-state index contributed by atoms with van der Waals surface area (Å²) < 4.78 is 0. The number of nitriles is 1. The van der Waals surface area contributed by atoms with Gasteiger partial charge >= 0.3 is 0 Å². The van der Waals surface area contributed by atoms with Crippen LogP contribution >= 0.6 is 0 Å². The molecule has 1 amide bonds. The lowest BCUT2D eigenvalue weighted by Crippen LogP contribution is -2.21. The van der Waals surface area contributed by atoms with Crippen LogP contribution in [0.25, 0.3) is 0 Å². The Morgan fingerprint density at radius 2 is 2.23 bits per heavy atom. The van der Waals surface area contributed by atoms with Crippen molar-refractivity contribution in [1.82, 2.24) is 0 Å². The molecule has 0 spiro atoms. The van der Waals surface area contributed by atoms with E-state index in [4.69, 9.17) is 5.26 Å². The number of aliphatic imine (C=N–C) groups is 1. The standard InChI is InChI=1S/C10H12N2O/c1-6(2)9-4-7(3)8(5-11)10(13)12-9/h4,6,8H,1-3H3. The Balaban J connectivity index is 3.02. The Kier molecular flexibility index (Phi) is 2.62. The molecule has 0 saturated carbocycles. The van der Waals surface area contributed by atoms with Crippen LogP contribution in [-0.2, 0) is 4.79 Å². The van der Waals surface area contributed by atoms with E-state index >= 15 is 0 Å². The molecule has 3 heteroatoms. The van der Waals surface area contributed by atoms with Gasteiger partial charge in [-0.25, -0.2) is 4.99 Å². The number of rotatable bonds is 1. The van der Waals surface area contributed by atoms with Gasteiger partial charge in [-0.2, -0.15) is 5.26 Å². The van der Waals surface area contributed by atoms with Crippen LogP contribution in [0.1, 0.15) is 20.8 Å². The predicted octanol–water partition coefficient (Wildman–Crippen LogP) is 1.71. The summed E-state index contributed by atoms with van der Waals surface area (Å²) in [6, 6.07) is 1.94. The summed E-state index contributed by atoms with van der Waals surface area (Å²) in [5, 5.41) is 8.68. The van der Waals surface area contributed by atoms with Gasteiger partial charge in [-0.3, -0.25) is 4.79 Å². The lowest BCUT2D eigenvalue weighted by molar-refractivity contribution is -0.119. The minimum atomic E-state index is -0.664. The Labute approximate surface area is 77.8 Å². The van der Waals surface area contributed by atoms with E-state index in [-0.39, 0.29) is 11.8 Å². The average Bonchev–Trinajstić information content (AvgIpc) is 2.03. The number of nitrogens with zero attached hydrogens (tertiary/aromatic N) is 2. The van der Waals surface area contributed by atoms with Gasteiger partial charge in [-0.1, -0.05) is 13.8 Å². The summed E-state index contributed by atoms with van der Waals surface area (Å²) in [5.74, 6) is -0.757. The van der Waals surface area contributed by atoms with Crippen molar-refractivity contribution in [3.05, 3.63) is 11.6 Å². The smallest absolute Gasteiger partial charge is 0.267 e. The molecule has 0 aromatic carbocycles. The van der Waals surface area contributed by atoms with E-state index in [2.05, 4.69) is 4.99 Å². The Hall–Kier alpha value is -1.43. The van der Waals surface area contributed by atoms with E-state index in [1.807, 2.05) is 26.0 Å². The molecule has 0 bridgehead atoms. The second-order valence-corrected chi connectivity index (χ2v) is 3.48. The van der Waals surface area contributed by atoms with Gasteiger partial charge in [-0.05, 0) is 24.5 Å². The highest BCUT2D eigenvalue weighted by Crippen LogP contribution is 2.18. The fourth-order valence-electron chi connectivity index (χ4n) is 1.19. The Morgan fingerprint density at radius 3 is 2.62 bits per heavy atom. The SMILES string of the molecule is CC1=CC(C(C)C)=NC(=O)C1C#N. The van der Waals surface area contributed by atoms with Crippen LogP contribution in [0.15, 0.2) is 16.6 Å². The number of carbonyl (C=O) groups is 1. The first-order valence-electron chi connectivity index (χ1n) is 4.26. The first kappa shape index (κ1) is 9.66. The molecule has 0 radical (unpaired) electrons. The fraction of sp³-hybridized carbons (Fsp3) is 0.500. The van der Waals surface area contributed by atoms with Crippen LogP contribution in [0.5, 0.6) is 0 Å². The van der Waals surface area contributed by atoms with E-state index in [1.54, 1.807) is 6.92 Å². The molecule has 3 nitrogen and oxygen atoms in total. The first-order chi connectivity index (χ1) is 6.06. The van der Waals surface area contributed by atoms with Gasteiger partial charge in [0, 0.05) is 5.71 Å². The molecule has 68 valence electrons. The Morgan fingerprint density at radius 1 is 1.62 bits per heavy atom. The summed E-state index contributed by atoms with van der Waals surface area (Å²) in [4.78, 5) is 15.2. The fourth-order valence-corrected chi connectivity index (χ4v) is 1.19. The molecule has 0 aromatic heterocycles. The van der Waals surface area contributed by atoms with Crippen LogP contribution < -0.4 is 0 Å². The molecule has 1 aliphatic heterocycles. The number of allylic oxidation sites excluding steroid dienone is 1. The van der Waals surface area contributed by atoms with Crippen LogP contribution in [0, 0.1) is 23.2 Å². The predicted molar refractivity (Wildman–Crippen MR) is 50.1 cm³/mol. The second-order valence-electron chi connectivity index (χ2n) is 3.48.